The molecule has 1 aromatic heterocycles. The van der Waals surface area contributed by atoms with Crippen LogP contribution in [0.25, 0.3) is 22.1 Å². The van der Waals surface area contributed by atoms with E-state index in [4.69, 9.17) is 16.0 Å². The zero-order valence-corrected chi connectivity index (χ0v) is 17.8. The first-order valence-corrected chi connectivity index (χ1v) is 10.7. The molecular weight excluding hydrogens is 386 g/mol. The van der Waals surface area contributed by atoms with Crippen LogP contribution in [0.4, 0.5) is 0 Å². The molecule has 2 aromatic carbocycles. The van der Waals surface area contributed by atoms with Crippen molar-refractivity contribution in [2.75, 3.05) is 13.1 Å². The quantitative estimate of drug-likeness (QED) is 0.452. The summed E-state index contributed by atoms with van der Waals surface area (Å²) in [5.74, 6) is 0.165. The van der Waals surface area contributed by atoms with Gasteiger partial charge in [-0.25, -0.2) is 0 Å². The largest absolute Gasteiger partial charge is 0.507 e. The van der Waals surface area contributed by atoms with Gasteiger partial charge in [0.15, 0.2) is 0 Å². The van der Waals surface area contributed by atoms with Gasteiger partial charge in [0.1, 0.15) is 17.6 Å². The number of benzene rings is 2. The zero-order chi connectivity index (χ0) is 20.8. The van der Waals surface area contributed by atoms with Crippen LogP contribution in [0.3, 0.4) is 0 Å². The van der Waals surface area contributed by atoms with Crippen LogP contribution < -0.4 is 5.43 Å². The maximum atomic E-state index is 13.1. The third kappa shape index (κ3) is 5.01. The molecule has 4 nitrogen and oxygen atoms in total. The second kappa shape index (κ2) is 9.95. The Labute approximate surface area is 176 Å². The number of unbranched alkanes of at least 4 members (excludes halogenated alkanes) is 2. The van der Waals surface area contributed by atoms with Gasteiger partial charge in [-0.2, -0.15) is 0 Å². The Kier molecular flexibility index (Phi) is 7.34. The van der Waals surface area contributed by atoms with Crippen molar-refractivity contribution in [1.82, 2.24) is 4.90 Å². The van der Waals surface area contributed by atoms with Crippen molar-refractivity contribution in [2.45, 2.75) is 46.1 Å². The van der Waals surface area contributed by atoms with Gasteiger partial charge in [0, 0.05) is 11.6 Å². The van der Waals surface area contributed by atoms with Crippen molar-refractivity contribution in [2.24, 2.45) is 0 Å². The molecule has 0 saturated carbocycles. The highest BCUT2D eigenvalue weighted by Crippen LogP contribution is 2.29. The zero-order valence-electron chi connectivity index (χ0n) is 17.1. The van der Waals surface area contributed by atoms with Crippen LogP contribution in [0.5, 0.6) is 5.75 Å². The van der Waals surface area contributed by atoms with Gasteiger partial charge in [-0.3, -0.25) is 9.69 Å². The molecule has 0 radical (unpaired) electrons. The van der Waals surface area contributed by atoms with E-state index < -0.39 is 0 Å². The van der Waals surface area contributed by atoms with Crippen LogP contribution in [0.1, 0.15) is 45.1 Å². The lowest BCUT2D eigenvalue weighted by Crippen LogP contribution is -2.26. The Morgan fingerprint density at radius 2 is 1.66 bits per heavy atom. The summed E-state index contributed by atoms with van der Waals surface area (Å²) >= 11 is 5.96. The van der Waals surface area contributed by atoms with E-state index in [2.05, 4.69) is 18.7 Å². The van der Waals surface area contributed by atoms with E-state index in [1.165, 1.54) is 6.26 Å². The first-order chi connectivity index (χ1) is 14.0. The van der Waals surface area contributed by atoms with Gasteiger partial charge in [0.05, 0.1) is 16.5 Å². The van der Waals surface area contributed by atoms with Crippen molar-refractivity contribution >= 4 is 22.6 Å². The summed E-state index contributed by atoms with van der Waals surface area (Å²) in [6.07, 6.45) is 5.91. The third-order valence-corrected chi connectivity index (χ3v) is 5.46. The highest BCUT2D eigenvalue weighted by Gasteiger charge is 2.17. The topological polar surface area (TPSA) is 53.7 Å². The minimum atomic E-state index is -0.108. The van der Waals surface area contributed by atoms with Gasteiger partial charge >= 0.3 is 0 Å². The fraction of sp³-hybridized carbons (Fsp3) is 0.375. The molecule has 0 aliphatic carbocycles. The molecule has 0 unspecified atom stereocenters. The number of hydrogen-bond acceptors (Lipinski definition) is 4. The normalized spacial score (nSPS) is 11.4. The Bertz CT molecular complexity index is 1000. The number of phenols is 1. The number of fused-ring (bicyclic) bond motifs is 1. The van der Waals surface area contributed by atoms with Gasteiger partial charge in [-0.15, -0.1) is 0 Å². The van der Waals surface area contributed by atoms with Crippen LogP contribution in [0.15, 0.2) is 51.9 Å². The van der Waals surface area contributed by atoms with E-state index in [0.717, 1.165) is 44.3 Å². The minimum absolute atomic E-state index is 0.108. The van der Waals surface area contributed by atoms with Crippen LogP contribution >= 0.6 is 11.6 Å². The number of rotatable bonds is 9. The summed E-state index contributed by atoms with van der Waals surface area (Å²) in [5.41, 5.74) is 2.27. The number of phenolic OH excluding ortho intramolecular Hbond substituents is 1. The number of aromatic hydroxyl groups is 1. The molecule has 1 heterocycles. The summed E-state index contributed by atoms with van der Waals surface area (Å²) in [7, 11) is 0. The molecule has 154 valence electrons. The van der Waals surface area contributed by atoms with E-state index >= 15 is 0 Å². The molecule has 0 aliphatic rings. The second-order valence-corrected chi connectivity index (χ2v) is 7.85. The fourth-order valence-electron chi connectivity index (χ4n) is 3.49. The summed E-state index contributed by atoms with van der Waals surface area (Å²) in [4.78, 5) is 15.4. The van der Waals surface area contributed by atoms with E-state index in [1.807, 2.05) is 0 Å². The van der Waals surface area contributed by atoms with Crippen LogP contribution in [-0.4, -0.2) is 23.1 Å². The molecule has 3 rings (SSSR count). The third-order valence-electron chi connectivity index (χ3n) is 5.21. The van der Waals surface area contributed by atoms with Gasteiger partial charge < -0.3 is 9.52 Å². The molecule has 0 saturated heterocycles. The Morgan fingerprint density at radius 1 is 1.00 bits per heavy atom. The molecule has 3 aromatic rings. The Morgan fingerprint density at radius 3 is 2.28 bits per heavy atom. The standard InChI is InChI=1S/C24H28ClNO3/c1-3-5-13-26(14-6-4-2)15-20-22(27)12-11-19-23(28)21(16-29-24(19)20)17-7-9-18(25)10-8-17/h7-12,16,27H,3-6,13-15H2,1-2H3. The van der Waals surface area contributed by atoms with Crippen LogP contribution in [-0.2, 0) is 6.54 Å². The molecule has 1 N–H and O–H groups in total. The SMILES string of the molecule is CCCCN(CCCC)Cc1c(O)ccc2c(=O)c(-c3ccc(Cl)cc3)coc12. The van der Waals surface area contributed by atoms with Crippen LogP contribution in [0, 0.1) is 0 Å². The monoisotopic (exact) mass is 413 g/mol. The summed E-state index contributed by atoms with van der Waals surface area (Å²) < 4.78 is 5.91. The van der Waals surface area contributed by atoms with E-state index in [0.29, 0.717) is 33.7 Å². The first-order valence-electron chi connectivity index (χ1n) is 10.3. The average Bonchev–Trinajstić information content (AvgIpc) is 2.72. The van der Waals surface area contributed by atoms with E-state index in [9.17, 15) is 9.90 Å². The number of hydrogen-bond donors (Lipinski definition) is 1. The second-order valence-electron chi connectivity index (χ2n) is 7.41. The lowest BCUT2D eigenvalue weighted by atomic mass is 10.0. The lowest BCUT2D eigenvalue weighted by Gasteiger charge is -2.23. The summed E-state index contributed by atoms with van der Waals surface area (Å²) in [5, 5.41) is 11.6. The minimum Gasteiger partial charge on any atom is -0.507 e. The van der Waals surface area contributed by atoms with Crippen LogP contribution in [0.2, 0.25) is 5.02 Å². The van der Waals surface area contributed by atoms with Crippen molar-refractivity contribution in [3.05, 3.63) is 63.5 Å². The lowest BCUT2D eigenvalue weighted by molar-refractivity contribution is 0.253. The van der Waals surface area contributed by atoms with Crippen molar-refractivity contribution in [3.8, 4) is 16.9 Å². The predicted molar refractivity (Wildman–Crippen MR) is 120 cm³/mol. The van der Waals surface area contributed by atoms with Gasteiger partial charge in [0.25, 0.3) is 0 Å². The van der Waals surface area contributed by atoms with Gasteiger partial charge in [-0.1, -0.05) is 50.4 Å². The highest BCUT2D eigenvalue weighted by atomic mass is 35.5. The first kappa shape index (κ1) is 21.4. The Hall–Kier alpha value is -2.30. The van der Waals surface area contributed by atoms with Gasteiger partial charge in [-0.05, 0) is 55.8 Å². The number of nitrogens with zero attached hydrogens (tertiary/aromatic N) is 1. The maximum absolute atomic E-state index is 13.1. The number of halogens is 1. The highest BCUT2D eigenvalue weighted by molar-refractivity contribution is 6.30. The van der Waals surface area contributed by atoms with Crippen molar-refractivity contribution in [3.63, 3.8) is 0 Å². The molecule has 0 aliphatic heterocycles. The molecule has 0 atom stereocenters. The molecule has 0 bridgehead atoms. The van der Waals surface area contributed by atoms with Crippen molar-refractivity contribution in [1.29, 1.82) is 0 Å². The Balaban J connectivity index is 2.01. The average molecular weight is 414 g/mol. The molecule has 0 amide bonds. The van der Waals surface area contributed by atoms with E-state index in [-0.39, 0.29) is 11.2 Å². The molecule has 5 heteroatoms. The van der Waals surface area contributed by atoms with E-state index in [1.54, 1.807) is 36.4 Å². The smallest absolute Gasteiger partial charge is 0.200 e. The maximum Gasteiger partial charge on any atom is 0.200 e. The fourth-order valence-corrected chi connectivity index (χ4v) is 3.61. The molecule has 0 spiro atoms. The molecule has 29 heavy (non-hydrogen) atoms. The predicted octanol–water partition coefficient (Wildman–Crippen LogP) is 6.22. The van der Waals surface area contributed by atoms with Gasteiger partial charge in [0.2, 0.25) is 5.43 Å². The molecular formula is C24H28ClNO3. The van der Waals surface area contributed by atoms with Crippen molar-refractivity contribution < 1.29 is 9.52 Å². The molecule has 0 fully saturated rings. The summed E-state index contributed by atoms with van der Waals surface area (Å²) in [6, 6.07) is 10.3. The summed E-state index contributed by atoms with van der Waals surface area (Å²) in [6.45, 7) is 6.82.